The second-order valence-electron chi connectivity index (χ2n) is 11.3. The number of carbonyl (C=O) groups excluding carboxylic acids is 1. The first-order valence-electron chi connectivity index (χ1n) is 12.1. The fourth-order valence-corrected chi connectivity index (χ4v) is 8.96. The van der Waals surface area contributed by atoms with Crippen LogP contribution in [0.2, 0.25) is 0 Å². The van der Waals surface area contributed by atoms with Gasteiger partial charge in [0.25, 0.3) is 0 Å². The number of hydrogen-bond acceptors (Lipinski definition) is 6. The number of hydrogen-bond donors (Lipinski definition) is 1. The van der Waals surface area contributed by atoms with E-state index in [2.05, 4.69) is 13.8 Å². The number of aliphatic hydroxyl groups is 1. The summed E-state index contributed by atoms with van der Waals surface area (Å²) >= 11 is 0. The third-order valence-corrected chi connectivity index (χ3v) is 10.5. The smallest absolute Gasteiger partial charge is 0.174 e. The summed E-state index contributed by atoms with van der Waals surface area (Å²) in [5, 5.41) is 10.4. The molecule has 6 rings (SSSR count). The number of rotatable bonds is 1. The Balaban J connectivity index is 1.37. The van der Waals surface area contributed by atoms with Gasteiger partial charge in [-0.2, -0.15) is 0 Å². The molecule has 0 aromatic heterocycles. The molecule has 2 heterocycles. The summed E-state index contributed by atoms with van der Waals surface area (Å²) in [5.74, 6) is -0.282. The van der Waals surface area contributed by atoms with Gasteiger partial charge < -0.3 is 24.1 Å². The molecule has 2 saturated heterocycles. The van der Waals surface area contributed by atoms with E-state index >= 15 is 0 Å². The van der Waals surface area contributed by atoms with Crippen LogP contribution in [0, 0.1) is 40.4 Å². The molecule has 30 heavy (non-hydrogen) atoms. The Morgan fingerprint density at radius 3 is 2.23 bits per heavy atom. The topological polar surface area (TPSA) is 74.2 Å². The lowest BCUT2D eigenvalue weighted by Crippen LogP contribution is -2.64. The highest BCUT2D eigenvalue weighted by molar-refractivity contribution is 5.86. The Kier molecular flexibility index (Phi) is 4.36. The highest BCUT2D eigenvalue weighted by atomic mass is 16.7. The lowest BCUT2D eigenvalue weighted by Gasteiger charge is -2.63. The minimum Gasteiger partial charge on any atom is -0.396 e. The molecular formula is C24H36O6. The van der Waals surface area contributed by atoms with Crippen LogP contribution in [0.4, 0.5) is 0 Å². The Morgan fingerprint density at radius 2 is 1.53 bits per heavy atom. The summed E-state index contributed by atoms with van der Waals surface area (Å²) in [5.41, 5.74) is -0.0713. The predicted octanol–water partition coefficient (Wildman–Crippen LogP) is 2.91. The Labute approximate surface area is 179 Å². The van der Waals surface area contributed by atoms with E-state index in [9.17, 15) is 9.90 Å². The molecule has 0 radical (unpaired) electrons. The molecule has 4 aliphatic carbocycles. The van der Waals surface area contributed by atoms with Crippen molar-refractivity contribution in [3.63, 3.8) is 0 Å². The van der Waals surface area contributed by atoms with Crippen molar-refractivity contribution >= 4 is 5.78 Å². The summed E-state index contributed by atoms with van der Waals surface area (Å²) in [4.78, 5) is 14.0. The predicted molar refractivity (Wildman–Crippen MR) is 107 cm³/mol. The van der Waals surface area contributed by atoms with E-state index in [0.717, 1.165) is 44.9 Å². The molecule has 2 aliphatic heterocycles. The van der Waals surface area contributed by atoms with Gasteiger partial charge in [-0.05, 0) is 48.9 Å². The summed E-state index contributed by atoms with van der Waals surface area (Å²) in [6.07, 6.45) is 6.60. The van der Waals surface area contributed by atoms with Crippen molar-refractivity contribution in [3.8, 4) is 0 Å². The van der Waals surface area contributed by atoms with E-state index in [0.29, 0.717) is 32.3 Å². The standard InChI is InChI=1S/C24H36O6/c1-21-7-8-23(27-9-10-28-23)13-18(21)15(14-25)20(26)19-16(21)3-5-22(2)17(19)4-6-24(22)29-11-12-30-24/h15-19,25H,3-14H2,1-2H3. The first kappa shape index (κ1) is 20.1. The minimum atomic E-state index is -0.531. The Hall–Kier alpha value is -0.530. The molecule has 6 nitrogen and oxygen atoms in total. The molecule has 2 spiro atoms. The number of fused-ring (bicyclic) bond motifs is 6. The fourth-order valence-electron chi connectivity index (χ4n) is 8.96. The molecule has 6 fully saturated rings. The van der Waals surface area contributed by atoms with Crippen LogP contribution in [-0.4, -0.2) is 55.5 Å². The van der Waals surface area contributed by atoms with Crippen LogP contribution >= 0.6 is 0 Å². The van der Waals surface area contributed by atoms with Crippen LogP contribution in [0.1, 0.15) is 58.8 Å². The molecule has 0 aromatic rings. The third kappa shape index (κ3) is 2.35. The van der Waals surface area contributed by atoms with E-state index in [1.165, 1.54) is 0 Å². The van der Waals surface area contributed by atoms with E-state index in [1.54, 1.807) is 0 Å². The molecule has 168 valence electrons. The summed E-state index contributed by atoms with van der Waals surface area (Å²) < 4.78 is 24.5. The molecule has 1 N–H and O–H groups in total. The molecule has 7 unspecified atom stereocenters. The first-order chi connectivity index (χ1) is 14.4. The summed E-state index contributed by atoms with van der Waals surface area (Å²) in [7, 11) is 0. The fraction of sp³-hybridized carbons (Fsp3) is 0.958. The molecular weight excluding hydrogens is 384 g/mol. The maximum atomic E-state index is 14.0. The lowest BCUT2D eigenvalue weighted by molar-refractivity contribution is -0.259. The maximum absolute atomic E-state index is 14.0. The van der Waals surface area contributed by atoms with E-state index < -0.39 is 11.6 Å². The largest absolute Gasteiger partial charge is 0.396 e. The highest BCUT2D eigenvalue weighted by Gasteiger charge is 2.71. The van der Waals surface area contributed by atoms with Crippen LogP contribution in [0.25, 0.3) is 0 Å². The second-order valence-corrected chi connectivity index (χ2v) is 11.3. The Bertz CT molecular complexity index is 725. The number of aliphatic hydroxyl groups excluding tert-OH is 1. The minimum absolute atomic E-state index is 0.00814. The summed E-state index contributed by atoms with van der Waals surface area (Å²) in [6.45, 7) is 7.21. The molecule has 4 saturated carbocycles. The van der Waals surface area contributed by atoms with Crippen molar-refractivity contribution in [3.05, 3.63) is 0 Å². The van der Waals surface area contributed by atoms with Crippen molar-refractivity contribution in [2.45, 2.75) is 70.4 Å². The van der Waals surface area contributed by atoms with Gasteiger partial charge in [0.1, 0.15) is 5.78 Å². The average Bonchev–Trinajstić information content (AvgIpc) is 3.46. The zero-order valence-electron chi connectivity index (χ0n) is 18.4. The maximum Gasteiger partial charge on any atom is 0.174 e. The number of Topliss-reactive ketones (excluding diaryl/α,β-unsaturated/α-hetero) is 1. The number of ketones is 1. The zero-order valence-corrected chi connectivity index (χ0v) is 18.4. The van der Waals surface area contributed by atoms with Gasteiger partial charge in [0, 0.05) is 36.5 Å². The average molecular weight is 421 g/mol. The number of carbonyl (C=O) groups is 1. The highest BCUT2D eigenvalue weighted by Crippen LogP contribution is 2.70. The van der Waals surface area contributed by atoms with Gasteiger partial charge in [0.05, 0.1) is 33.0 Å². The molecule has 6 heteroatoms. The zero-order chi connectivity index (χ0) is 20.8. The normalized spacial score (nSPS) is 51.2. The van der Waals surface area contributed by atoms with Gasteiger partial charge >= 0.3 is 0 Å². The molecule has 0 aromatic carbocycles. The molecule has 0 bridgehead atoms. The van der Waals surface area contributed by atoms with E-state index in [-0.39, 0.29) is 46.9 Å². The van der Waals surface area contributed by atoms with Crippen LogP contribution in [-0.2, 0) is 23.7 Å². The van der Waals surface area contributed by atoms with E-state index in [1.807, 2.05) is 0 Å². The van der Waals surface area contributed by atoms with Crippen LogP contribution < -0.4 is 0 Å². The monoisotopic (exact) mass is 420 g/mol. The summed E-state index contributed by atoms with van der Waals surface area (Å²) in [6, 6.07) is 0. The first-order valence-corrected chi connectivity index (χ1v) is 12.1. The second kappa shape index (κ2) is 6.50. The van der Waals surface area contributed by atoms with Crippen molar-refractivity contribution < 1.29 is 28.8 Å². The SMILES string of the molecule is CC12CCC3(CC1C(CO)C(=O)C1C2CCC2(C)C1CCC21OCCO1)OCCO3. The van der Waals surface area contributed by atoms with Gasteiger partial charge in [-0.25, -0.2) is 0 Å². The van der Waals surface area contributed by atoms with Crippen molar-refractivity contribution in [2.75, 3.05) is 33.0 Å². The van der Waals surface area contributed by atoms with Gasteiger partial charge in [0.15, 0.2) is 11.6 Å². The van der Waals surface area contributed by atoms with Gasteiger partial charge in [-0.15, -0.1) is 0 Å². The van der Waals surface area contributed by atoms with Crippen molar-refractivity contribution in [1.82, 2.24) is 0 Å². The van der Waals surface area contributed by atoms with E-state index in [4.69, 9.17) is 18.9 Å². The molecule has 6 aliphatic rings. The van der Waals surface area contributed by atoms with Gasteiger partial charge in [-0.1, -0.05) is 13.8 Å². The van der Waals surface area contributed by atoms with Crippen molar-refractivity contribution in [1.29, 1.82) is 0 Å². The van der Waals surface area contributed by atoms with Crippen molar-refractivity contribution in [2.24, 2.45) is 40.4 Å². The molecule has 7 atom stereocenters. The van der Waals surface area contributed by atoms with Crippen LogP contribution in [0.3, 0.4) is 0 Å². The van der Waals surface area contributed by atoms with Crippen LogP contribution in [0.5, 0.6) is 0 Å². The molecule has 0 amide bonds. The Morgan fingerprint density at radius 1 is 0.867 bits per heavy atom. The quantitative estimate of drug-likeness (QED) is 0.703. The number of ether oxygens (including phenoxy) is 4. The van der Waals surface area contributed by atoms with Crippen LogP contribution in [0.15, 0.2) is 0 Å². The van der Waals surface area contributed by atoms with Gasteiger partial charge in [0.2, 0.25) is 0 Å². The lowest BCUT2D eigenvalue weighted by atomic mass is 9.42. The van der Waals surface area contributed by atoms with Gasteiger partial charge in [-0.3, -0.25) is 4.79 Å². The third-order valence-electron chi connectivity index (χ3n) is 10.5.